The van der Waals surface area contributed by atoms with Crippen LogP contribution < -0.4 is 19.1 Å². The van der Waals surface area contributed by atoms with Crippen LogP contribution in [0.1, 0.15) is 0 Å². The van der Waals surface area contributed by atoms with E-state index in [4.69, 9.17) is 21.1 Å². The van der Waals surface area contributed by atoms with Crippen molar-refractivity contribution in [3.05, 3.63) is 53.6 Å². The Kier molecular flexibility index (Phi) is 4.76. The number of benzene rings is 3. The molecule has 0 atom stereocenters. The highest BCUT2D eigenvalue weighted by atomic mass is 35.5. The van der Waals surface area contributed by atoms with Gasteiger partial charge in [0.15, 0.2) is 0 Å². The normalized spacial score (nSPS) is 14.1. The van der Waals surface area contributed by atoms with Gasteiger partial charge in [0.2, 0.25) is 5.91 Å². The molecule has 1 heterocycles. The van der Waals surface area contributed by atoms with Crippen molar-refractivity contribution in [1.29, 1.82) is 0 Å². The Labute approximate surface area is 172 Å². The number of halogens is 1. The van der Waals surface area contributed by atoms with Gasteiger partial charge in [-0.2, -0.15) is 0 Å². The molecule has 0 fully saturated rings. The molecule has 3 aromatic carbocycles. The van der Waals surface area contributed by atoms with Gasteiger partial charge < -0.3 is 14.8 Å². The van der Waals surface area contributed by atoms with Crippen LogP contribution in [-0.4, -0.2) is 35.1 Å². The molecular weight excluding hydrogens is 416 g/mol. The Morgan fingerprint density at radius 3 is 2.45 bits per heavy atom. The highest BCUT2D eigenvalue weighted by Gasteiger charge is 2.36. The van der Waals surface area contributed by atoms with Gasteiger partial charge in [-0.15, -0.1) is 0 Å². The number of ether oxygens (including phenoxy) is 2. The van der Waals surface area contributed by atoms with Gasteiger partial charge >= 0.3 is 0 Å². The van der Waals surface area contributed by atoms with Crippen LogP contribution in [-0.2, 0) is 14.8 Å². The Morgan fingerprint density at radius 2 is 1.76 bits per heavy atom. The summed E-state index contributed by atoms with van der Waals surface area (Å²) in [6, 6.07) is 13.4. The lowest BCUT2D eigenvalue weighted by atomic mass is 10.1. The Morgan fingerprint density at radius 1 is 1.07 bits per heavy atom. The number of carbonyl (C=O) groups excluding carboxylic acids is 1. The molecule has 0 saturated carbocycles. The fourth-order valence-corrected chi connectivity index (χ4v) is 5.30. The molecular formula is C20H17ClN2O5S. The second-order valence-corrected chi connectivity index (χ2v) is 8.62. The molecule has 1 N–H and O–H groups in total. The minimum absolute atomic E-state index is 0.198. The van der Waals surface area contributed by atoms with Gasteiger partial charge in [0.05, 0.1) is 35.5 Å². The topological polar surface area (TPSA) is 84.9 Å². The van der Waals surface area contributed by atoms with Crippen molar-refractivity contribution in [2.24, 2.45) is 0 Å². The number of nitrogens with zero attached hydrogens (tertiary/aromatic N) is 1. The zero-order valence-electron chi connectivity index (χ0n) is 15.6. The van der Waals surface area contributed by atoms with E-state index >= 15 is 0 Å². The second-order valence-electron chi connectivity index (χ2n) is 6.38. The van der Waals surface area contributed by atoms with E-state index in [-0.39, 0.29) is 11.4 Å². The number of rotatable bonds is 5. The van der Waals surface area contributed by atoms with Crippen LogP contribution in [0.4, 0.5) is 11.4 Å². The van der Waals surface area contributed by atoms with Gasteiger partial charge in [-0.25, -0.2) is 8.42 Å². The predicted molar refractivity (Wildman–Crippen MR) is 112 cm³/mol. The second kappa shape index (κ2) is 7.13. The molecule has 0 bridgehead atoms. The van der Waals surface area contributed by atoms with Gasteiger partial charge in [-0.05, 0) is 17.5 Å². The summed E-state index contributed by atoms with van der Waals surface area (Å²) in [5.74, 6) is 0.161. The molecule has 1 aliphatic heterocycles. The van der Waals surface area contributed by atoms with E-state index in [2.05, 4.69) is 5.32 Å². The van der Waals surface area contributed by atoms with Crippen molar-refractivity contribution >= 4 is 49.7 Å². The molecule has 0 aromatic heterocycles. The molecule has 150 valence electrons. The Bertz CT molecular complexity index is 1240. The van der Waals surface area contributed by atoms with E-state index in [1.807, 2.05) is 12.1 Å². The maximum Gasteiger partial charge on any atom is 0.265 e. The highest BCUT2D eigenvalue weighted by Crippen LogP contribution is 2.42. The van der Waals surface area contributed by atoms with Crippen LogP contribution in [0.2, 0.25) is 5.02 Å². The van der Waals surface area contributed by atoms with E-state index in [0.717, 1.165) is 9.69 Å². The quantitative estimate of drug-likeness (QED) is 0.665. The third-order valence-electron chi connectivity index (χ3n) is 4.72. The lowest BCUT2D eigenvalue weighted by Gasteiger charge is -2.19. The molecule has 3 aromatic rings. The summed E-state index contributed by atoms with van der Waals surface area (Å²) >= 11 is 6.08. The molecule has 0 radical (unpaired) electrons. The first-order valence-electron chi connectivity index (χ1n) is 8.62. The molecule has 1 aliphatic rings. The Balaban J connectivity index is 1.66. The fraction of sp³-hybridized carbons (Fsp3) is 0.150. The SMILES string of the molecule is COc1cc(NC(=O)CN2c3cccc4cccc(c34)S2(=O)=O)c(OC)cc1Cl. The maximum absolute atomic E-state index is 13.0. The number of nitrogens with one attached hydrogen (secondary N) is 1. The number of methoxy groups -OCH3 is 2. The first kappa shape index (κ1) is 19.4. The summed E-state index contributed by atoms with van der Waals surface area (Å²) in [4.78, 5) is 12.9. The van der Waals surface area contributed by atoms with E-state index in [1.54, 1.807) is 24.3 Å². The standard InChI is InChI=1S/C20H17ClN2O5S/c1-27-16-10-14(17(28-2)9-13(16)21)22-19(24)11-23-15-7-3-5-12-6-4-8-18(20(12)15)29(23,25)26/h3-10H,11H2,1-2H3,(H,22,24). The molecule has 4 rings (SSSR count). The first-order valence-corrected chi connectivity index (χ1v) is 10.4. The van der Waals surface area contributed by atoms with Gasteiger partial charge in [0.1, 0.15) is 18.0 Å². The van der Waals surface area contributed by atoms with Gasteiger partial charge in [-0.1, -0.05) is 35.9 Å². The highest BCUT2D eigenvalue weighted by molar-refractivity contribution is 7.93. The molecule has 0 spiro atoms. The minimum atomic E-state index is -3.83. The van der Waals surface area contributed by atoms with Crippen LogP contribution >= 0.6 is 11.6 Å². The zero-order chi connectivity index (χ0) is 20.8. The monoisotopic (exact) mass is 432 g/mol. The molecule has 29 heavy (non-hydrogen) atoms. The van der Waals surface area contributed by atoms with Crippen LogP contribution in [0.5, 0.6) is 11.5 Å². The molecule has 0 unspecified atom stereocenters. The average Bonchev–Trinajstić information content (AvgIpc) is 2.92. The van der Waals surface area contributed by atoms with Crippen LogP contribution in [0.15, 0.2) is 53.4 Å². The fourth-order valence-electron chi connectivity index (χ4n) is 3.41. The summed E-state index contributed by atoms with van der Waals surface area (Å²) in [7, 11) is -0.933. The van der Waals surface area contributed by atoms with E-state index in [1.165, 1.54) is 26.4 Å². The molecule has 1 amide bonds. The van der Waals surface area contributed by atoms with Crippen LogP contribution in [0.3, 0.4) is 0 Å². The average molecular weight is 433 g/mol. The summed E-state index contributed by atoms with van der Waals surface area (Å²) in [6.45, 7) is -0.385. The van der Waals surface area contributed by atoms with Crippen molar-refractivity contribution in [1.82, 2.24) is 0 Å². The number of hydrogen-bond acceptors (Lipinski definition) is 5. The Hall–Kier alpha value is -2.97. The summed E-state index contributed by atoms with van der Waals surface area (Å²) < 4.78 is 37.5. The van der Waals surface area contributed by atoms with Gasteiger partial charge in [-0.3, -0.25) is 9.10 Å². The van der Waals surface area contributed by atoms with E-state index < -0.39 is 15.9 Å². The number of anilines is 2. The minimum Gasteiger partial charge on any atom is -0.495 e. The first-order chi connectivity index (χ1) is 13.9. The lowest BCUT2D eigenvalue weighted by molar-refractivity contribution is -0.114. The van der Waals surface area contributed by atoms with Crippen molar-refractivity contribution in [3.8, 4) is 11.5 Å². The maximum atomic E-state index is 13.0. The number of carbonyl (C=O) groups is 1. The van der Waals surface area contributed by atoms with Crippen molar-refractivity contribution < 1.29 is 22.7 Å². The summed E-state index contributed by atoms with van der Waals surface area (Å²) in [6.07, 6.45) is 0. The van der Waals surface area contributed by atoms with Gasteiger partial charge in [0.25, 0.3) is 10.0 Å². The number of sulfonamides is 1. The van der Waals surface area contributed by atoms with Crippen LogP contribution in [0, 0.1) is 0 Å². The largest absolute Gasteiger partial charge is 0.495 e. The zero-order valence-corrected chi connectivity index (χ0v) is 17.2. The van der Waals surface area contributed by atoms with E-state index in [9.17, 15) is 13.2 Å². The smallest absolute Gasteiger partial charge is 0.265 e. The van der Waals surface area contributed by atoms with Gasteiger partial charge in [0, 0.05) is 17.5 Å². The third-order valence-corrected chi connectivity index (χ3v) is 6.81. The van der Waals surface area contributed by atoms with Crippen molar-refractivity contribution in [2.45, 2.75) is 4.90 Å². The number of amides is 1. The number of hydrogen-bond donors (Lipinski definition) is 1. The molecule has 0 saturated heterocycles. The predicted octanol–water partition coefficient (Wildman–Crippen LogP) is 3.66. The molecule has 7 nitrogen and oxygen atoms in total. The van der Waals surface area contributed by atoms with Crippen LogP contribution in [0.25, 0.3) is 10.8 Å². The third kappa shape index (κ3) is 3.14. The van der Waals surface area contributed by atoms with Crippen molar-refractivity contribution in [2.75, 3.05) is 30.4 Å². The molecule has 0 aliphatic carbocycles. The van der Waals surface area contributed by atoms with E-state index in [0.29, 0.717) is 33.3 Å². The lowest BCUT2D eigenvalue weighted by Crippen LogP contribution is -2.35. The molecule has 9 heteroatoms. The summed E-state index contributed by atoms with van der Waals surface area (Å²) in [5.41, 5.74) is 0.806. The van der Waals surface area contributed by atoms with Crippen molar-refractivity contribution in [3.63, 3.8) is 0 Å². The summed E-state index contributed by atoms with van der Waals surface area (Å²) in [5, 5.41) is 4.42.